The van der Waals surface area contributed by atoms with Gasteiger partial charge in [-0.2, -0.15) is 0 Å². The molecule has 0 bridgehead atoms. The Hall–Kier alpha value is -2.70. The quantitative estimate of drug-likeness (QED) is 0.900. The van der Waals surface area contributed by atoms with Gasteiger partial charge in [0.1, 0.15) is 5.82 Å². The molecule has 128 valence electrons. The Balaban J connectivity index is 2.14. The molecule has 1 aliphatic rings. The Bertz CT molecular complexity index is 835. The minimum absolute atomic E-state index is 0.0332. The first-order chi connectivity index (χ1) is 11.5. The van der Waals surface area contributed by atoms with E-state index in [0.717, 1.165) is 5.56 Å². The number of anilines is 1. The molecule has 0 unspecified atom stereocenters. The lowest BCUT2D eigenvalue weighted by molar-refractivity contribution is -0.116. The number of methoxy groups -OCH3 is 2. The van der Waals surface area contributed by atoms with Gasteiger partial charge in [-0.15, -0.1) is 0 Å². The lowest BCUT2D eigenvalue weighted by Gasteiger charge is -2.24. The Morgan fingerprint density at radius 1 is 1.17 bits per heavy atom. The van der Waals surface area contributed by atoms with E-state index in [1.165, 1.54) is 0 Å². The van der Waals surface area contributed by atoms with E-state index in [-0.39, 0.29) is 29.8 Å². The van der Waals surface area contributed by atoms with Crippen LogP contribution in [0.3, 0.4) is 0 Å². The van der Waals surface area contributed by atoms with Crippen molar-refractivity contribution in [1.29, 1.82) is 0 Å². The summed E-state index contributed by atoms with van der Waals surface area (Å²) in [5.74, 6) is 1.29. The molecule has 24 heavy (non-hydrogen) atoms. The number of carbonyl (C=O) groups is 1. The molecule has 1 atom stereocenters. The molecule has 3 rings (SSSR count). The van der Waals surface area contributed by atoms with Crippen LogP contribution in [0.2, 0.25) is 0 Å². The highest BCUT2D eigenvalue weighted by Crippen LogP contribution is 2.39. The summed E-state index contributed by atoms with van der Waals surface area (Å²) in [7, 11) is 3.12. The van der Waals surface area contributed by atoms with Crippen molar-refractivity contribution in [3.63, 3.8) is 0 Å². The molecule has 1 aromatic carbocycles. The number of nitrogens with zero attached hydrogens (tertiary/aromatic N) is 1. The number of aromatic amines is 1. The van der Waals surface area contributed by atoms with Crippen LogP contribution in [0, 0.1) is 0 Å². The number of amides is 1. The van der Waals surface area contributed by atoms with E-state index in [0.29, 0.717) is 22.9 Å². The second kappa shape index (κ2) is 6.07. The zero-order valence-electron chi connectivity index (χ0n) is 14.2. The van der Waals surface area contributed by atoms with Gasteiger partial charge in [0.15, 0.2) is 11.5 Å². The Kier molecular flexibility index (Phi) is 4.09. The number of carbonyl (C=O) groups excluding carboxylic acids is 1. The second-order valence-electron chi connectivity index (χ2n) is 6.09. The van der Waals surface area contributed by atoms with Crippen molar-refractivity contribution >= 4 is 11.7 Å². The fraction of sp³-hybridized carbons (Fsp3) is 0.412. The van der Waals surface area contributed by atoms with Crippen molar-refractivity contribution in [3.05, 3.63) is 39.7 Å². The summed E-state index contributed by atoms with van der Waals surface area (Å²) >= 11 is 0. The van der Waals surface area contributed by atoms with Crippen molar-refractivity contribution < 1.29 is 14.3 Å². The number of H-pyrrole nitrogens is 1. The van der Waals surface area contributed by atoms with Crippen molar-refractivity contribution in [3.8, 4) is 11.5 Å². The molecular formula is C17H21N3O4. The largest absolute Gasteiger partial charge is 0.493 e. The molecule has 1 amide bonds. The van der Waals surface area contributed by atoms with Gasteiger partial charge in [0.2, 0.25) is 5.91 Å². The molecule has 7 heteroatoms. The van der Waals surface area contributed by atoms with Crippen LogP contribution in [0.5, 0.6) is 11.5 Å². The topological polar surface area (TPSA) is 85.4 Å². The fourth-order valence-corrected chi connectivity index (χ4v) is 3.13. The number of rotatable bonds is 4. The van der Waals surface area contributed by atoms with Crippen LogP contribution in [-0.2, 0) is 4.79 Å². The van der Waals surface area contributed by atoms with E-state index in [9.17, 15) is 9.59 Å². The van der Waals surface area contributed by atoms with Gasteiger partial charge in [0, 0.05) is 18.4 Å². The summed E-state index contributed by atoms with van der Waals surface area (Å²) in [6.07, 6.45) is 0.216. The van der Waals surface area contributed by atoms with E-state index in [2.05, 4.69) is 10.4 Å². The number of fused-ring (bicyclic) bond motifs is 1. The minimum Gasteiger partial charge on any atom is -0.493 e. The lowest BCUT2D eigenvalue weighted by atomic mass is 9.87. The number of ether oxygens (including phenoxy) is 2. The first kappa shape index (κ1) is 16.2. The number of aromatic nitrogens is 2. The smallest absolute Gasteiger partial charge is 0.270 e. The zero-order valence-corrected chi connectivity index (χ0v) is 14.2. The van der Waals surface area contributed by atoms with E-state index < -0.39 is 0 Å². The predicted molar refractivity (Wildman–Crippen MR) is 90.1 cm³/mol. The third-order valence-corrected chi connectivity index (χ3v) is 4.28. The van der Waals surface area contributed by atoms with Gasteiger partial charge in [-0.3, -0.25) is 19.4 Å². The lowest BCUT2D eigenvalue weighted by Crippen LogP contribution is -2.27. The van der Waals surface area contributed by atoms with Crippen molar-refractivity contribution in [2.75, 3.05) is 19.5 Å². The average Bonchev–Trinajstić information content (AvgIpc) is 2.90. The van der Waals surface area contributed by atoms with Crippen LogP contribution in [-0.4, -0.2) is 29.9 Å². The normalized spacial score (nSPS) is 16.7. The average molecular weight is 331 g/mol. The molecule has 0 radical (unpaired) electrons. The van der Waals surface area contributed by atoms with Crippen LogP contribution in [0.4, 0.5) is 5.82 Å². The Labute approximate surface area is 139 Å². The fourth-order valence-electron chi connectivity index (χ4n) is 3.13. The van der Waals surface area contributed by atoms with Crippen molar-refractivity contribution in [2.45, 2.75) is 32.2 Å². The number of benzene rings is 1. The third-order valence-electron chi connectivity index (χ3n) is 4.28. The minimum atomic E-state index is -0.322. The highest BCUT2D eigenvalue weighted by atomic mass is 16.5. The van der Waals surface area contributed by atoms with Gasteiger partial charge in [0.25, 0.3) is 5.56 Å². The van der Waals surface area contributed by atoms with Crippen LogP contribution < -0.4 is 20.3 Å². The molecule has 0 spiro atoms. The highest BCUT2D eigenvalue weighted by molar-refractivity contribution is 5.94. The van der Waals surface area contributed by atoms with Crippen molar-refractivity contribution in [1.82, 2.24) is 9.78 Å². The summed E-state index contributed by atoms with van der Waals surface area (Å²) < 4.78 is 12.3. The molecule has 2 aromatic rings. The molecule has 1 aliphatic heterocycles. The zero-order chi connectivity index (χ0) is 17.4. The van der Waals surface area contributed by atoms with Crippen LogP contribution in [0.15, 0.2) is 23.0 Å². The molecule has 1 aromatic heterocycles. The number of nitrogens with one attached hydrogen (secondary N) is 2. The summed E-state index contributed by atoms with van der Waals surface area (Å²) in [5, 5.41) is 5.63. The van der Waals surface area contributed by atoms with Crippen LogP contribution in [0.25, 0.3) is 0 Å². The summed E-state index contributed by atoms with van der Waals surface area (Å²) in [4.78, 5) is 24.6. The van der Waals surface area contributed by atoms with E-state index in [1.54, 1.807) is 25.0 Å². The molecule has 0 fully saturated rings. The maximum Gasteiger partial charge on any atom is 0.270 e. The van der Waals surface area contributed by atoms with Crippen LogP contribution >= 0.6 is 0 Å². The van der Waals surface area contributed by atoms with E-state index >= 15 is 0 Å². The molecule has 7 nitrogen and oxygen atoms in total. The summed E-state index contributed by atoms with van der Waals surface area (Å²) in [6, 6.07) is 5.50. The third kappa shape index (κ3) is 2.55. The highest BCUT2D eigenvalue weighted by Gasteiger charge is 2.33. The van der Waals surface area contributed by atoms with E-state index in [4.69, 9.17) is 9.47 Å². The number of hydrogen-bond donors (Lipinski definition) is 2. The summed E-state index contributed by atoms with van der Waals surface area (Å²) in [5.41, 5.74) is 1.24. The van der Waals surface area contributed by atoms with Crippen LogP contribution in [0.1, 0.15) is 43.4 Å². The van der Waals surface area contributed by atoms with Crippen molar-refractivity contribution in [2.24, 2.45) is 0 Å². The van der Waals surface area contributed by atoms with Gasteiger partial charge in [0.05, 0.1) is 19.8 Å². The first-order valence-electron chi connectivity index (χ1n) is 7.82. The molecule has 2 heterocycles. The van der Waals surface area contributed by atoms with Gasteiger partial charge >= 0.3 is 0 Å². The standard InChI is InChI=1S/C17H21N3O4/c1-9(2)20-16-15(17(22)19-20)11(8-14(21)18-16)10-5-6-12(23-3)13(7-10)24-4/h5-7,9,11H,8H2,1-4H3,(H,18,21)(H,19,22)/t11-/m1/s1. The molecule has 0 aliphatic carbocycles. The molecule has 0 saturated heterocycles. The molecule has 0 saturated carbocycles. The second-order valence-corrected chi connectivity index (χ2v) is 6.09. The predicted octanol–water partition coefficient (Wildman–Crippen LogP) is 2.25. The summed E-state index contributed by atoms with van der Waals surface area (Å²) in [6.45, 7) is 3.89. The Morgan fingerprint density at radius 3 is 2.50 bits per heavy atom. The number of hydrogen-bond acceptors (Lipinski definition) is 4. The van der Waals surface area contributed by atoms with Gasteiger partial charge in [-0.05, 0) is 31.5 Å². The molecular weight excluding hydrogens is 310 g/mol. The van der Waals surface area contributed by atoms with Gasteiger partial charge in [-0.25, -0.2) is 0 Å². The van der Waals surface area contributed by atoms with E-state index in [1.807, 2.05) is 26.0 Å². The van der Waals surface area contributed by atoms with Gasteiger partial charge in [-0.1, -0.05) is 6.07 Å². The first-order valence-corrected chi connectivity index (χ1v) is 7.82. The maximum absolute atomic E-state index is 12.5. The molecule has 2 N–H and O–H groups in total. The monoisotopic (exact) mass is 331 g/mol. The van der Waals surface area contributed by atoms with Gasteiger partial charge < -0.3 is 14.8 Å². The SMILES string of the molecule is COc1ccc([C@H]2CC(=O)Nc3c2c(=O)[nH]n3C(C)C)cc1OC. The Morgan fingerprint density at radius 2 is 1.88 bits per heavy atom. The maximum atomic E-state index is 12.5.